The molecular weight excluding hydrogens is 236 g/mol. The Kier molecular flexibility index (Phi) is 2.88. The lowest BCUT2D eigenvalue weighted by molar-refractivity contribution is -0.246. The van der Waals surface area contributed by atoms with Gasteiger partial charge in [-0.05, 0) is 12.1 Å². The summed E-state index contributed by atoms with van der Waals surface area (Å²) in [7, 11) is 2.73. The van der Waals surface area contributed by atoms with E-state index in [-0.39, 0.29) is 5.95 Å². The van der Waals surface area contributed by atoms with E-state index >= 15 is 0 Å². The highest BCUT2D eigenvalue weighted by Gasteiger charge is 2.18. The van der Waals surface area contributed by atoms with Crippen molar-refractivity contribution in [2.24, 2.45) is 0 Å². The Hall–Kier alpha value is -2.57. The molecule has 0 spiro atoms. The summed E-state index contributed by atoms with van der Waals surface area (Å²) in [5.41, 5.74) is 1.06. The molecule has 1 aromatic carbocycles. The zero-order valence-electron chi connectivity index (χ0n) is 9.88. The normalized spacial score (nSPS) is 10.3. The molecule has 0 saturated carbocycles. The van der Waals surface area contributed by atoms with Crippen molar-refractivity contribution in [3.05, 3.63) is 24.3 Å². The van der Waals surface area contributed by atoms with Crippen molar-refractivity contribution in [2.45, 2.75) is 0 Å². The second kappa shape index (κ2) is 4.36. The molecule has 7 nitrogen and oxygen atoms in total. The predicted molar refractivity (Wildman–Crippen MR) is 63.4 cm³/mol. The van der Waals surface area contributed by atoms with Gasteiger partial charge < -0.3 is 20.1 Å². The van der Waals surface area contributed by atoms with Gasteiger partial charge in [-0.1, -0.05) is 12.1 Å². The van der Waals surface area contributed by atoms with Crippen LogP contribution in [-0.2, 0) is 0 Å². The first-order valence-electron chi connectivity index (χ1n) is 5.20. The summed E-state index contributed by atoms with van der Waals surface area (Å²) in [5, 5.41) is 13.3. The Morgan fingerprint density at radius 2 is 2.06 bits per heavy atom. The molecule has 0 aliphatic carbocycles. The summed E-state index contributed by atoms with van der Waals surface area (Å²) >= 11 is 0. The average molecular weight is 247 g/mol. The third-order valence-corrected chi connectivity index (χ3v) is 2.53. The van der Waals surface area contributed by atoms with E-state index in [1.807, 2.05) is 0 Å². The number of nitrogens with one attached hydrogen (secondary N) is 1. The molecule has 0 bridgehead atoms. The van der Waals surface area contributed by atoms with Gasteiger partial charge in [0.25, 0.3) is 0 Å². The van der Waals surface area contributed by atoms with Gasteiger partial charge in [0.05, 0.1) is 11.0 Å². The number of anilines is 1. The number of nitrogens with zero attached hydrogens (tertiary/aromatic N) is 3. The van der Waals surface area contributed by atoms with Crippen molar-refractivity contribution < 1.29 is 14.7 Å². The van der Waals surface area contributed by atoms with E-state index in [0.29, 0.717) is 11.0 Å². The Balaban J connectivity index is 2.72. The van der Waals surface area contributed by atoms with Crippen molar-refractivity contribution in [3.8, 4) is 0 Å². The summed E-state index contributed by atoms with van der Waals surface area (Å²) in [4.78, 5) is 27.6. The van der Waals surface area contributed by atoms with E-state index in [1.165, 1.54) is 18.7 Å². The topological polar surface area (TPSA) is 90.3 Å². The number of hydrogen-bond donors (Lipinski definition) is 1. The first kappa shape index (κ1) is 11.9. The van der Waals surface area contributed by atoms with Crippen molar-refractivity contribution >= 4 is 29.1 Å². The highest BCUT2D eigenvalue weighted by Crippen LogP contribution is 2.21. The standard InChI is InChI=1S/C11H12N4O3/c1-12-10(16)15-8-6-4-3-5-7(8)13-9(15)14(2)11(17)18/h3-6H,1-2H3,(H,12,16)(H,17,18)/p-1. The zero-order valence-corrected chi connectivity index (χ0v) is 9.88. The van der Waals surface area contributed by atoms with Gasteiger partial charge in [0.2, 0.25) is 5.95 Å². The quantitative estimate of drug-likeness (QED) is 0.768. The number of para-hydroxylation sites is 2. The van der Waals surface area contributed by atoms with Crippen LogP contribution in [0, 0.1) is 0 Å². The fourth-order valence-electron chi connectivity index (χ4n) is 1.63. The number of carboxylic acid groups (broad SMARTS) is 1. The molecule has 0 aliphatic heterocycles. The van der Waals surface area contributed by atoms with Crippen LogP contribution in [0.4, 0.5) is 15.5 Å². The van der Waals surface area contributed by atoms with Crippen molar-refractivity contribution in [1.29, 1.82) is 0 Å². The van der Waals surface area contributed by atoms with E-state index in [0.717, 1.165) is 4.90 Å². The Morgan fingerprint density at radius 1 is 1.39 bits per heavy atom. The fourth-order valence-corrected chi connectivity index (χ4v) is 1.63. The third kappa shape index (κ3) is 1.75. The van der Waals surface area contributed by atoms with E-state index in [4.69, 9.17) is 0 Å². The molecule has 2 rings (SSSR count). The van der Waals surface area contributed by atoms with Crippen LogP contribution in [0.3, 0.4) is 0 Å². The molecule has 7 heteroatoms. The summed E-state index contributed by atoms with van der Waals surface area (Å²) in [5.74, 6) is -0.00412. The summed E-state index contributed by atoms with van der Waals surface area (Å²) in [6.45, 7) is 0. The maximum absolute atomic E-state index is 11.8. The molecular formula is C11H11N4O3-. The van der Waals surface area contributed by atoms with Gasteiger partial charge in [-0.25, -0.2) is 14.3 Å². The maximum atomic E-state index is 11.8. The van der Waals surface area contributed by atoms with Crippen LogP contribution in [0.15, 0.2) is 24.3 Å². The van der Waals surface area contributed by atoms with E-state index in [9.17, 15) is 14.7 Å². The van der Waals surface area contributed by atoms with Crippen LogP contribution in [-0.4, -0.2) is 35.8 Å². The van der Waals surface area contributed by atoms with Gasteiger partial charge in [-0.3, -0.25) is 0 Å². The average Bonchev–Trinajstić information content (AvgIpc) is 2.75. The van der Waals surface area contributed by atoms with Crippen molar-refractivity contribution in [1.82, 2.24) is 14.9 Å². The molecule has 0 aliphatic rings. The summed E-state index contributed by atoms with van der Waals surface area (Å²) in [6.07, 6.45) is -1.43. The van der Waals surface area contributed by atoms with Gasteiger partial charge in [-0.15, -0.1) is 0 Å². The number of rotatable bonds is 1. The number of imidazole rings is 1. The molecule has 0 radical (unpaired) electrons. The molecule has 0 atom stereocenters. The Morgan fingerprint density at radius 3 is 2.67 bits per heavy atom. The van der Waals surface area contributed by atoms with Crippen LogP contribution >= 0.6 is 0 Å². The number of fused-ring (bicyclic) bond motifs is 1. The van der Waals surface area contributed by atoms with Gasteiger partial charge in [0.1, 0.15) is 6.09 Å². The largest absolute Gasteiger partial charge is 0.530 e. The van der Waals surface area contributed by atoms with E-state index < -0.39 is 12.1 Å². The van der Waals surface area contributed by atoms with Gasteiger partial charge in [-0.2, -0.15) is 0 Å². The number of hydrogen-bond acceptors (Lipinski definition) is 4. The number of benzene rings is 1. The third-order valence-electron chi connectivity index (χ3n) is 2.53. The molecule has 18 heavy (non-hydrogen) atoms. The molecule has 1 N–H and O–H groups in total. The molecule has 0 fully saturated rings. The molecule has 2 amide bonds. The second-order valence-corrected chi connectivity index (χ2v) is 3.62. The van der Waals surface area contributed by atoms with Crippen LogP contribution in [0.5, 0.6) is 0 Å². The first-order chi connectivity index (χ1) is 8.56. The van der Waals surface area contributed by atoms with Crippen LogP contribution in [0.25, 0.3) is 11.0 Å². The molecule has 2 aromatic rings. The lowest BCUT2D eigenvalue weighted by Gasteiger charge is -2.19. The van der Waals surface area contributed by atoms with Crippen molar-refractivity contribution in [2.75, 3.05) is 19.0 Å². The highest BCUT2D eigenvalue weighted by molar-refractivity contribution is 5.96. The fraction of sp³-hybridized carbons (Fsp3) is 0.182. The van der Waals surface area contributed by atoms with Crippen LogP contribution < -0.4 is 15.3 Å². The zero-order chi connectivity index (χ0) is 13.3. The summed E-state index contributed by atoms with van der Waals surface area (Å²) < 4.78 is 1.19. The van der Waals surface area contributed by atoms with Gasteiger partial charge in [0, 0.05) is 14.1 Å². The number of carbonyl (C=O) groups excluding carboxylic acids is 2. The van der Waals surface area contributed by atoms with Gasteiger partial charge >= 0.3 is 6.03 Å². The smallest absolute Gasteiger partial charge is 0.328 e. The minimum absolute atomic E-state index is 0.00412. The maximum Gasteiger partial charge on any atom is 0.328 e. The van der Waals surface area contributed by atoms with Crippen LogP contribution in [0.1, 0.15) is 0 Å². The highest BCUT2D eigenvalue weighted by atomic mass is 16.4. The summed E-state index contributed by atoms with van der Waals surface area (Å²) in [6, 6.07) is 6.41. The van der Waals surface area contributed by atoms with Crippen LogP contribution in [0.2, 0.25) is 0 Å². The van der Waals surface area contributed by atoms with Gasteiger partial charge in [0.15, 0.2) is 0 Å². The number of amides is 2. The predicted octanol–water partition coefficient (Wildman–Crippen LogP) is 0.00330. The minimum atomic E-state index is -1.43. The number of carbonyl (C=O) groups is 2. The molecule has 94 valence electrons. The molecule has 1 aromatic heterocycles. The SMILES string of the molecule is CNC(=O)n1c(N(C)C(=O)[O-])nc2ccccc21. The number of aromatic nitrogens is 2. The molecule has 0 saturated heterocycles. The Labute approximate surface area is 103 Å². The van der Waals surface area contributed by atoms with E-state index in [2.05, 4.69) is 10.3 Å². The van der Waals surface area contributed by atoms with Crippen molar-refractivity contribution in [3.63, 3.8) is 0 Å². The second-order valence-electron chi connectivity index (χ2n) is 3.62. The lowest BCUT2D eigenvalue weighted by atomic mass is 10.3. The molecule has 1 heterocycles. The monoisotopic (exact) mass is 247 g/mol. The lowest BCUT2D eigenvalue weighted by Crippen LogP contribution is -2.41. The van der Waals surface area contributed by atoms with E-state index in [1.54, 1.807) is 24.3 Å². The Bertz CT molecular complexity index is 620. The molecule has 0 unspecified atom stereocenters. The first-order valence-corrected chi connectivity index (χ1v) is 5.20. The minimum Gasteiger partial charge on any atom is -0.530 e.